The lowest BCUT2D eigenvalue weighted by Gasteiger charge is -2.05. The summed E-state index contributed by atoms with van der Waals surface area (Å²) in [5, 5.41) is 4.49. The van der Waals surface area contributed by atoms with Crippen LogP contribution in [0.15, 0.2) is 66.9 Å². The molecule has 112 valence electrons. The lowest BCUT2D eigenvalue weighted by Crippen LogP contribution is -2.13. The van der Waals surface area contributed by atoms with Gasteiger partial charge in [0, 0.05) is 18.2 Å². The highest BCUT2D eigenvalue weighted by Crippen LogP contribution is 2.32. The van der Waals surface area contributed by atoms with Gasteiger partial charge in [-0.1, -0.05) is 53.5 Å². The topological polar surface area (TPSA) is 54.9 Å². The zero-order valence-corrected chi connectivity index (χ0v) is 12.8. The molecule has 2 aromatic heterocycles. The number of nitrogens with one attached hydrogen (secondary N) is 3. The number of H-pyrrole nitrogens is 2. The molecule has 3 N–H and O–H groups in total. The largest absolute Gasteiger partial charge is 0.326 e. The van der Waals surface area contributed by atoms with Crippen LogP contribution in [0.25, 0.3) is 22.2 Å². The lowest BCUT2D eigenvalue weighted by atomic mass is 10.1. The molecule has 0 amide bonds. The van der Waals surface area contributed by atoms with E-state index in [2.05, 4.69) is 32.4 Å². The second-order valence-corrected chi connectivity index (χ2v) is 5.48. The molecule has 0 saturated heterocycles. The summed E-state index contributed by atoms with van der Waals surface area (Å²) < 4.78 is 0. The van der Waals surface area contributed by atoms with Crippen LogP contribution in [0.4, 0.5) is 11.5 Å². The molecular weight excluding hydrogens is 284 g/mol. The van der Waals surface area contributed by atoms with Gasteiger partial charge in [-0.3, -0.25) is 4.98 Å². The number of hydrogen-bond donors (Lipinski definition) is 2. The highest BCUT2D eigenvalue weighted by Gasteiger charge is 2.18. The number of fused-ring (bicyclic) bond motifs is 1. The maximum atomic E-state index is 4.67. The van der Waals surface area contributed by atoms with E-state index in [0.29, 0.717) is 0 Å². The number of aromatic nitrogens is 3. The average Bonchev–Trinajstić information content (AvgIpc) is 3.00. The fourth-order valence-electron chi connectivity index (χ4n) is 2.79. The number of aryl methyl sites for hydroxylation is 1. The van der Waals surface area contributed by atoms with Gasteiger partial charge >= 0.3 is 0 Å². The summed E-state index contributed by atoms with van der Waals surface area (Å²) in [6.07, 6.45) is 2.02. The molecule has 0 atom stereocenters. The molecule has 4 nitrogen and oxygen atoms in total. The number of nitrogens with zero attached hydrogens (tertiary/aromatic N) is 1. The van der Waals surface area contributed by atoms with E-state index in [1.165, 1.54) is 0 Å². The molecule has 0 radical (unpaired) electrons. The minimum Gasteiger partial charge on any atom is -0.326 e. The summed E-state index contributed by atoms with van der Waals surface area (Å²) in [4.78, 5) is 11.3. The Labute approximate surface area is 134 Å². The van der Waals surface area contributed by atoms with Gasteiger partial charge in [-0.05, 0) is 17.7 Å². The van der Waals surface area contributed by atoms with Crippen LogP contribution in [0.1, 0.15) is 5.82 Å². The molecule has 4 aromatic rings. The van der Waals surface area contributed by atoms with Gasteiger partial charge in [0.05, 0.1) is 6.20 Å². The second-order valence-electron chi connectivity index (χ2n) is 5.48. The number of aromatic amines is 2. The van der Waals surface area contributed by atoms with E-state index in [9.17, 15) is 0 Å². The lowest BCUT2D eigenvalue weighted by molar-refractivity contribution is -0.362. The predicted molar refractivity (Wildman–Crippen MR) is 92.5 cm³/mol. The van der Waals surface area contributed by atoms with E-state index in [4.69, 9.17) is 0 Å². The van der Waals surface area contributed by atoms with Gasteiger partial charge in [0.25, 0.3) is 0 Å². The summed E-state index contributed by atoms with van der Waals surface area (Å²) >= 11 is 0. The van der Waals surface area contributed by atoms with Crippen molar-refractivity contribution in [2.45, 2.75) is 6.92 Å². The Hall–Kier alpha value is -3.14. The van der Waals surface area contributed by atoms with Crippen LogP contribution in [-0.2, 0) is 0 Å². The highest BCUT2D eigenvalue weighted by atomic mass is 15.1. The first-order chi connectivity index (χ1) is 11.3. The van der Waals surface area contributed by atoms with E-state index in [1.807, 2.05) is 61.7 Å². The molecule has 23 heavy (non-hydrogen) atoms. The molecule has 0 spiro atoms. The first kappa shape index (κ1) is 13.5. The Bertz CT molecular complexity index is 943. The SMILES string of the molecule is Cc1nc(Nc2ccccc2)c2c(-c3ccccc3)c[nH]c2[nH+]1. The second kappa shape index (κ2) is 5.57. The van der Waals surface area contributed by atoms with Crippen molar-refractivity contribution in [3.8, 4) is 11.1 Å². The molecule has 2 heterocycles. The van der Waals surface area contributed by atoms with Crippen LogP contribution >= 0.6 is 0 Å². The molecule has 0 aliphatic rings. The van der Waals surface area contributed by atoms with Crippen LogP contribution in [0.2, 0.25) is 0 Å². The smallest absolute Gasteiger partial charge is 0.236 e. The third-order valence-corrected chi connectivity index (χ3v) is 3.82. The number of anilines is 2. The van der Waals surface area contributed by atoms with Crippen molar-refractivity contribution in [2.24, 2.45) is 0 Å². The molecule has 0 saturated carbocycles. The summed E-state index contributed by atoms with van der Waals surface area (Å²) in [7, 11) is 0. The van der Waals surface area contributed by atoms with Gasteiger partial charge in [0.2, 0.25) is 17.3 Å². The monoisotopic (exact) mass is 301 g/mol. The van der Waals surface area contributed by atoms with Crippen molar-refractivity contribution in [1.82, 2.24) is 9.97 Å². The number of para-hydroxylation sites is 1. The van der Waals surface area contributed by atoms with Crippen molar-refractivity contribution in [1.29, 1.82) is 0 Å². The minimum atomic E-state index is 0.850. The van der Waals surface area contributed by atoms with Crippen LogP contribution in [0, 0.1) is 6.92 Å². The van der Waals surface area contributed by atoms with Gasteiger partial charge in [-0.25, -0.2) is 4.98 Å². The molecule has 2 aromatic carbocycles. The molecule has 0 aliphatic heterocycles. The van der Waals surface area contributed by atoms with Crippen molar-refractivity contribution in [3.63, 3.8) is 0 Å². The summed E-state index contributed by atoms with van der Waals surface area (Å²) in [6, 6.07) is 20.4. The number of benzene rings is 2. The molecule has 0 aliphatic carbocycles. The van der Waals surface area contributed by atoms with Crippen LogP contribution in [0.3, 0.4) is 0 Å². The molecule has 0 bridgehead atoms. The molecule has 0 unspecified atom stereocenters. The fourth-order valence-corrected chi connectivity index (χ4v) is 2.79. The van der Waals surface area contributed by atoms with Crippen molar-refractivity contribution >= 4 is 22.5 Å². The van der Waals surface area contributed by atoms with Crippen LogP contribution < -0.4 is 10.3 Å². The third-order valence-electron chi connectivity index (χ3n) is 3.82. The molecule has 0 fully saturated rings. The maximum Gasteiger partial charge on any atom is 0.236 e. The Kier molecular flexibility index (Phi) is 3.27. The van der Waals surface area contributed by atoms with Gasteiger partial charge < -0.3 is 5.32 Å². The quantitative estimate of drug-likeness (QED) is 0.598. The zero-order chi connectivity index (χ0) is 15.6. The Balaban J connectivity index is 1.90. The molecular formula is C19H17N4+. The summed E-state index contributed by atoms with van der Waals surface area (Å²) in [5.74, 6) is 1.71. The average molecular weight is 301 g/mol. The van der Waals surface area contributed by atoms with Gasteiger partial charge in [-0.15, -0.1) is 0 Å². The first-order valence-electron chi connectivity index (χ1n) is 7.60. The Morgan fingerprint density at radius 3 is 2.39 bits per heavy atom. The minimum absolute atomic E-state index is 0.850. The Morgan fingerprint density at radius 2 is 1.65 bits per heavy atom. The number of rotatable bonds is 3. The van der Waals surface area contributed by atoms with Crippen LogP contribution in [0.5, 0.6) is 0 Å². The zero-order valence-electron chi connectivity index (χ0n) is 12.8. The fraction of sp³-hybridized carbons (Fsp3) is 0.0526. The third kappa shape index (κ3) is 2.55. The van der Waals surface area contributed by atoms with E-state index < -0.39 is 0 Å². The summed E-state index contributed by atoms with van der Waals surface area (Å²) in [6.45, 7) is 1.96. The van der Waals surface area contributed by atoms with Crippen LogP contribution in [-0.4, -0.2) is 9.97 Å². The van der Waals surface area contributed by atoms with Gasteiger partial charge in [-0.2, -0.15) is 0 Å². The maximum absolute atomic E-state index is 4.67. The first-order valence-corrected chi connectivity index (χ1v) is 7.60. The van der Waals surface area contributed by atoms with Crippen molar-refractivity contribution < 1.29 is 4.98 Å². The normalized spacial score (nSPS) is 10.8. The highest BCUT2D eigenvalue weighted by molar-refractivity contribution is 6.00. The van der Waals surface area contributed by atoms with E-state index in [0.717, 1.165) is 39.5 Å². The standard InChI is InChI=1S/C19H16N4/c1-13-21-18-17(16(12-20-18)14-8-4-2-5-9-14)19(22-13)23-15-10-6-3-7-11-15/h2-12H,1H3,(H2,20,21,22,23)/p+1. The Morgan fingerprint density at radius 1 is 0.957 bits per heavy atom. The molecule has 4 heteroatoms. The predicted octanol–water partition coefficient (Wildman–Crippen LogP) is 4.10. The van der Waals surface area contributed by atoms with Gasteiger partial charge in [0.1, 0.15) is 5.39 Å². The van der Waals surface area contributed by atoms with Gasteiger partial charge in [0.15, 0.2) is 0 Å². The van der Waals surface area contributed by atoms with Crippen molar-refractivity contribution in [2.75, 3.05) is 5.32 Å². The number of hydrogen-bond acceptors (Lipinski definition) is 2. The van der Waals surface area contributed by atoms with Crippen molar-refractivity contribution in [3.05, 3.63) is 72.7 Å². The summed E-state index contributed by atoms with van der Waals surface area (Å²) in [5.41, 5.74) is 4.28. The van der Waals surface area contributed by atoms with E-state index >= 15 is 0 Å². The van der Waals surface area contributed by atoms with E-state index in [1.54, 1.807) is 0 Å². The van der Waals surface area contributed by atoms with E-state index in [-0.39, 0.29) is 0 Å². The molecule has 4 rings (SSSR count).